The standard InChI is InChI=1S/C18H22N4O/c1-12-15-5-3-4-6-16(15)23-18(12)13(2)19-9-14-10-20-17-7-8-21-22(17)11-14/h3-8,13-14,19-20H,9-11H2,1-2H3/t13-,14+/m1/s1. The Balaban J connectivity index is 1.43. The van der Waals surface area contributed by atoms with Crippen molar-refractivity contribution in [2.75, 3.05) is 18.4 Å². The molecular weight excluding hydrogens is 288 g/mol. The SMILES string of the molecule is Cc1c([C@@H](C)NC[C@H]2CNc3ccnn3C2)oc2ccccc12. The van der Waals surface area contributed by atoms with Crippen molar-refractivity contribution in [3.8, 4) is 0 Å². The Morgan fingerprint density at radius 1 is 1.39 bits per heavy atom. The van der Waals surface area contributed by atoms with Crippen molar-refractivity contribution in [3.63, 3.8) is 0 Å². The highest BCUT2D eigenvalue weighted by molar-refractivity contribution is 5.82. The summed E-state index contributed by atoms with van der Waals surface area (Å²) in [5.74, 6) is 2.67. The second kappa shape index (κ2) is 5.74. The first-order valence-electron chi connectivity index (χ1n) is 8.19. The van der Waals surface area contributed by atoms with Crippen LogP contribution >= 0.6 is 0 Å². The van der Waals surface area contributed by atoms with Gasteiger partial charge in [0, 0.05) is 37.0 Å². The molecule has 0 unspecified atom stereocenters. The lowest BCUT2D eigenvalue weighted by Gasteiger charge is -2.26. The summed E-state index contributed by atoms with van der Waals surface area (Å²) >= 11 is 0. The van der Waals surface area contributed by atoms with Gasteiger partial charge in [0.25, 0.3) is 0 Å². The number of para-hydroxylation sites is 1. The van der Waals surface area contributed by atoms with Crippen molar-refractivity contribution in [2.24, 2.45) is 5.92 Å². The molecular formula is C18H22N4O. The van der Waals surface area contributed by atoms with Crippen LogP contribution in [0, 0.1) is 12.8 Å². The summed E-state index contributed by atoms with van der Waals surface area (Å²) < 4.78 is 8.08. The number of fused-ring (bicyclic) bond motifs is 2. The minimum atomic E-state index is 0.196. The van der Waals surface area contributed by atoms with E-state index in [1.807, 2.05) is 29.1 Å². The summed E-state index contributed by atoms with van der Waals surface area (Å²) in [6, 6.07) is 10.4. The highest BCUT2D eigenvalue weighted by Gasteiger charge is 2.21. The zero-order chi connectivity index (χ0) is 15.8. The minimum absolute atomic E-state index is 0.196. The maximum atomic E-state index is 6.05. The van der Waals surface area contributed by atoms with E-state index in [4.69, 9.17) is 4.42 Å². The third-order valence-corrected chi connectivity index (χ3v) is 4.71. The van der Waals surface area contributed by atoms with Crippen LogP contribution in [0.4, 0.5) is 5.82 Å². The average Bonchev–Trinajstić information content (AvgIpc) is 3.17. The molecule has 0 saturated carbocycles. The van der Waals surface area contributed by atoms with Gasteiger partial charge in [-0.05, 0) is 25.5 Å². The molecule has 2 aromatic heterocycles. The van der Waals surface area contributed by atoms with Crippen molar-refractivity contribution in [3.05, 3.63) is 47.9 Å². The third-order valence-electron chi connectivity index (χ3n) is 4.71. The first-order valence-corrected chi connectivity index (χ1v) is 8.19. The van der Waals surface area contributed by atoms with Crippen molar-refractivity contribution >= 4 is 16.8 Å². The van der Waals surface area contributed by atoms with Crippen LogP contribution in [0.1, 0.15) is 24.3 Å². The lowest BCUT2D eigenvalue weighted by Crippen LogP contribution is -2.36. The number of aromatic nitrogens is 2. The van der Waals surface area contributed by atoms with Gasteiger partial charge in [0.05, 0.1) is 12.2 Å². The molecule has 2 N–H and O–H groups in total. The summed E-state index contributed by atoms with van der Waals surface area (Å²) in [6.07, 6.45) is 1.85. The molecule has 3 aromatic rings. The fraction of sp³-hybridized carbons (Fsp3) is 0.389. The Hall–Kier alpha value is -2.27. The molecule has 2 atom stereocenters. The zero-order valence-electron chi connectivity index (χ0n) is 13.5. The van der Waals surface area contributed by atoms with Crippen molar-refractivity contribution < 1.29 is 4.42 Å². The van der Waals surface area contributed by atoms with Gasteiger partial charge in [-0.25, -0.2) is 4.68 Å². The fourth-order valence-corrected chi connectivity index (χ4v) is 3.37. The summed E-state index contributed by atoms with van der Waals surface area (Å²) in [5.41, 5.74) is 2.20. The molecule has 5 nitrogen and oxygen atoms in total. The van der Waals surface area contributed by atoms with Gasteiger partial charge in [-0.1, -0.05) is 18.2 Å². The van der Waals surface area contributed by atoms with Crippen LogP contribution in [0.5, 0.6) is 0 Å². The van der Waals surface area contributed by atoms with Crippen molar-refractivity contribution in [1.82, 2.24) is 15.1 Å². The number of hydrogen-bond acceptors (Lipinski definition) is 4. The van der Waals surface area contributed by atoms with E-state index in [-0.39, 0.29) is 6.04 Å². The molecule has 120 valence electrons. The molecule has 0 saturated heterocycles. The second-order valence-electron chi connectivity index (χ2n) is 6.36. The number of hydrogen-bond donors (Lipinski definition) is 2. The molecule has 3 heterocycles. The fourth-order valence-electron chi connectivity index (χ4n) is 3.37. The van der Waals surface area contributed by atoms with Gasteiger partial charge in [-0.15, -0.1) is 0 Å². The van der Waals surface area contributed by atoms with Gasteiger partial charge < -0.3 is 15.1 Å². The summed E-state index contributed by atoms with van der Waals surface area (Å²) in [6.45, 7) is 7.17. The summed E-state index contributed by atoms with van der Waals surface area (Å²) in [7, 11) is 0. The number of nitrogens with zero attached hydrogens (tertiary/aromatic N) is 2. The lowest BCUT2D eigenvalue weighted by atomic mass is 10.1. The van der Waals surface area contributed by atoms with Gasteiger partial charge >= 0.3 is 0 Å². The quantitative estimate of drug-likeness (QED) is 0.776. The molecule has 4 rings (SSSR count). The number of anilines is 1. The van der Waals surface area contributed by atoms with Gasteiger partial charge in [0.1, 0.15) is 17.2 Å². The van der Waals surface area contributed by atoms with Crippen LogP contribution in [-0.2, 0) is 6.54 Å². The maximum absolute atomic E-state index is 6.05. The van der Waals surface area contributed by atoms with E-state index in [9.17, 15) is 0 Å². The molecule has 0 amide bonds. The Morgan fingerprint density at radius 3 is 3.13 bits per heavy atom. The van der Waals surface area contributed by atoms with E-state index in [0.717, 1.165) is 36.8 Å². The average molecular weight is 310 g/mol. The largest absolute Gasteiger partial charge is 0.459 e. The molecule has 5 heteroatoms. The first kappa shape index (κ1) is 14.3. The molecule has 1 aromatic carbocycles. The summed E-state index contributed by atoms with van der Waals surface area (Å²) in [5, 5.41) is 12.6. The van der Waals surface area contributed by atoms with Crippen molar-refractivity contribution in [1.29, 1.82) is 0 Å². The first-order chi connectivity index (χ1) is 11.2. The van der Waals surface area contributed by atoms with Crippen LogP contribution in [0.3, 0.4) is 0 Å². The number of benzene rings is 1. The molecule has 0 radical (unpaired) electrons. The third kappa shape index (κ3) is 2.61. The minimum Gasteiger partial charge on any atom is -0.459 e. The molecule has 1 aliphatic heterocycles. The van der Waals surface area contributed by atoms with Crippen LogP contribution in [0.25, 0.3) is 11.0 Å². The lowest BCUT2D eigenvalue weighted by molar-refractivity contribution is 0.359. The predicted octanol–water partition coefficient (Wildman–Crippen LogP) is 3.33. The van der Waals surface area contributed by atoms with Gasteiger partial charge in [0.15, 0.2) is 0 Å². The topological polar surface area (TPSA) is 55.0 Å². The molecule has 0 spiro atoms. The van der Waals surface area contributed by atoms with E-state index in [1.165, 1.54) is 10.9 Å². The highest BCUT2D eigenvalue weighted by Crippen LogP contribution is 2.29. The second-order valence-corrected chi connectivity index (χ2v) is 6.36. The van der Waals surface area contributed by atoms with Gasteiger partial charge in [0.2, 0.25) is 0 Å². The van der Waals surface area contributed by atoms with Crippen LogP contribution < -0.4 is 10.6 Å². The number of aryl methyl sites for hydroxylation is 1. The maximum Gasteiger partial charge on any atom is 0.134 e. The number of nitrogens with one attached hydrogen (secondary N) is 2. The van der Waals surface area contributed by atoms with E-state index in [1.54, 1.807) is 0 Å². The van der Waals surface area contributed by atoms with E-state index in [2.05, 4.69) is 41.7 Å². The molecule has 0 bridgehead atoms. The van der Waals surface area contributed by atoms with Crippen LogP contribution in [-0.4, -0.2) is 22.9 Å². The smallest absolute Gasteiger partial charge is 0.134 e. The number of rotatable bonds is 4. The Labute approximate surface area is 135 Å². The van der Waals surface area contributed by atoms with E-state index in [0.29, 0.717) is 5.92 Å². The zero-order valence-corrected chi connectivity index (χ0v) is 13.5. The Morgan fingerprint density at radius 2 is 2.26 bits per heavy atom. The monoisotopic (exact) mass is 310 g/mol. The highest BCUT2D eigenvalue weighted by atomic mass is 16.3. The van der Waals surface area contributed by atoms with E-state index < -0.39 is 0 Å². The predicted molar refractivity (Wildman–Crippen MR) is 91.6 cm³/mol. The number of furan rings is 1. The summed E-state index contributed by atoms with van der Waals surface area (Å²) in [4.78, 5) is 0. The Kier molecular flexibility index (Phi) is 3.58. The molecule has 1 aliphatic rings. The Bertz CT molecular complexity index is 819. The molecule has 0 fully saturated rings. The van der Waals surface area contributed by atoms with Crippen LogP contribution in [0.2, 0.25) is 0 Å². The van der Waals surface area contributed by atoms with Gasteiger partial charge in [-0.3, -0.25) is 0 Å². The molecule has 23 heavy (non-hydrogen) atoms. The van der Waals surface area contributed by atoms with Crippen LogP contribution in [0.15, 0.2) is 40.9 Å². The molecule has 0 aliphatic carbocycles. The van der Waals surface area contributed by atoms with Crippen molar-refractivity contribution in [2.45, 2.75) is 26.4 Å². The normalized spacial score (nSPS) is 18.6. The van der Waals surface area contributed by atoms with E-state index >= 15 is 0 Å². The van der Waals surface area contributed by atoms with Gasteiger partial charge in [-0.2, -0.15) is 5.10 Å².